The molecule has 4 rings (SSSR count). The molecule has 1 unspecified atom stereocenters. The Labute approximate surface area is 129 Å². The van der Waals surface area contributed by atoms with Crippen molar-refractivity contribution < 1.29 is 4.79 Å². The summed E-state index contributed by atoms with van der Waals surface area (Å²) in [6.45, 7) is 4.50. The quantitative estimate of drug-likeness (QED) is 0.732. The third kappa shape index (κ3) is 1.77. The number of fused-ring (bicyclic) bond motifs is 4. The molecule has 0 spiro atoms. The second-order valence-electron chi connectivity index (χ2n) is 6.26. The Morgan fingerprint density at radius 2 is 1.81 bits per heavy atom. The van der Waals surface area contributed by atoms with E-state index < -0.39 is 0 Å². The average molecular weight is 295 g/mol. The van der Waals surface area contributed by atoms with Crippen molar-refractivity contribution in [1.82, 2.24) is 0 Å². The van der Waals surface area contributed by atoms with Gasteiger partial charge in [0, 0.05) is 10.3 Å². The molecule has 0 saturated carbocycles. The van der Waals surface area contributed by atoms with Crippen LogP contribution in [0.1, 0.15) is 25.0 Å². The fourth-order valence-electron chi connectivity index (χ4n) is 3.47. The van der Waals surface area contributed by atoms with Crippen molar-refractivity contribution in [3.05, 3.63) is 59.7 Å². The number of rotatable bonds is 0. The third-order valence-electron chi connectivity index (χ3n) is 4.54. The largest absolute Gasteiger partial charge is 0.297 e. The minimum absolute atomic E-state index is 0.0769. The van der Waals surface area contributed by atoms with E-state index in [4.69, 9.17) is 0 Å². The molecule has 0 aromatic heterocycles. The topological polar surface area (TPSA) is 20.3 Å². The summed E-state index contributed by atoms with van der Waals surface area (Å²) in [5, 5.41) is 0.131. The highest BCUT2D eigenvalue weighted by molar-refractivity contribution is 8.00. The molecular weight excluding hydrogens is 278 g/mol. The monoisotopic (exact) mass is 295 g/mol. The number of carbonyl (C=O) groups excluding carboxylic acids is 1. The molecule has 0 N–H and O–H groups in total. The lowest BCUT2D eigenvalue weighted by molar-refractivity contribution is -0.118. The molecule has 2 nitrogen and oxygen atoms in total. The molecule has 0 aliphatic carbocycles. The van der Waals surface area contributed by atoms with Gasteiger partial charge in [0.25, 0.3) is 0 Å². The van der Waals surface area contributed by atoms with E-state index >= 15 is 0 Å². The van der Waals surface area contributed by atoms with Gasteiger partial charge in [0.15, 0.2) is 0 Å². The predicted octanol–water partition coefficient (Wildman–Crippen LogP) is 3.99. The first-order valence-corrected chi connectivity index (χ1v) is 8.13. The van der Waals surface area contributed by atoms with Crippen LogP contribution < -0.4 is 4.90 Å². The van der Waals surface area contributed by atoms with Crippen molar-refractivity contribution in [2.75, 3.05) is 4.90 Å². The van der Waals surface area contributed by atoms with Gasteiger partial charge in [0.1, 0.15) is 0 Å². The molecule has 0 radical (unpaired) electrons. The lowest BCUT2D eigenvalue weighted by atomic mass is 9.81. The minimum atomic E-state index is -0.0769. The maximum absolute atomic E-state index is 12.8. The Balaban J connectivity index is 1.92. The summed E-state index contributed by atoms with van der Waals surface area (Å²) in [6, 6.07) is 16.6. The van der Waals surface area contributed by atoms with Gasteiger partial charge in [-0.05, 0) is 23.3 Å². The zero-order valence-electron chi connectivity index (χ0n) is 12.2. The summed E-state index contributed by atoms with van der Waals surface area (Å²) >= 11 is 1.81. The number of benzene rings is 2. The lowest BCUT2D eigenvalue weighted by Gasteiger charge is -2.35. The van der Waals surface area contributed by atoms with Crippen molar-refractivity contribution >= 4 is 23.4 Å². The fraction of sp³-hybridized carbons (Fsp3) is 0.278. The Morgan fingerprint density at radius 3 is 2.67 bits per heavy atom. The highest BCUT2D eigenvalue weighted by Gasteiger charge is 2.47. The summed E-state index contributed by atoms with van der Waals surface area (Å²) < 4.78 is 0. The van der Waals surface area contributed by atoms with Crippen molar-refractivity contribution in [2.24, 2.45) is 0 Å². The first kappa shape index (κ1) is 13.0. The van der Waals surface area contributed by atoms with Crippen molar-refractivity contribution in [1.29, 1.82) is 0 Å². The van der Waals surface area contributed by atoms with E-state index in [0.717, 1.165) is 5.69 Å². The van der Waals surface area contributed by atoms with Gasteiger partial charge in [-0.3, -0.25) is 9.69 Å². The van der Waals surface area contributed by atoms with Crippen molar-refractivity contribution in [3.63, 3.8) is 0 Å². The zero-order chi connectivity index (χ0) is 14.6. The number of hydrogen-bond donors (Lipinski definition) is 0. The van der Waals surface area contributed by atoms with E-state index in [1.165, 1.54) is 16.0 Å². The molecule has 2 aromatic rings. The lowest BCUT2D eigenvalue weighted by Crippen LogP contribution is -2.44. The Morgan fingerprint density at radius 1 is 1.10 bits per heavy atom. The molecule has 0 bridgehead atoms. The van der Waals surface area contributed by atoms with Gasteiger partial charge in [0.05, 0.1) is 17.5 Å². The second-order valence-corrected chi connectivity index (χ2v) is 7.38. The number of para-hydroxylation sites is 1. The number of nitrogens with zero attached hydrogens (tertiary/aromatic N) is 1. The van der Waals surface area contributed by atoms with Crippen LogP contribution in [0.3, 0.4) is 0 Å². The highest BCUT2D eigenvalue weighted by Crippen LogP contribution is 2.52. The number of thioether (sulfide) groups is 1. The first-order valence-electron chi connectivity index (χ1n) is 7.25. The summed E-state index contributed by atoms with van der Waals surface area (Å²) in [5.74, 6) is 0.204. The summed E-state index contributed by atoms with van der Waals surface area (Å²) in [7, 11) is 0. The van der Waals surface area contributed by atoms with Gasteiger partial charge in [0.2, 0.25) is 5.91 Å². The Bertz CT molecular complexity index is 738. The van der Waals surface area contributed by atoms with E-state index in [9.17, 15) is 4.79 Å². The maximum Gasteiger partial charge on any atom is 0.232 e. The fourth-order valence-corrected chi connectivity index (χ4v) is 4.92. The molecule has 2 aliphatic heterocycles. The van der Waals surface area contributed by atoms with Crippen LogP contribution in [-0.4, -0.2) is 11.3 Å². The van der Waals surface area contributed by atoms with Crippen molar-refractivity contribution in [3.8, 4) is 0 Å². The second kappa shape index (κ2) is 4.38. The molecule has 106 valence electrons. The number of amides is 1. The predicted molar refractivity (Wildman–Crippen MR) is 86.7 cm³/mol. The summed E-state index contributed by atoms with van der Waals surface area (Å²) in [6.07, 6.45) is 0.491. The van der Waals surface area contributed by atoms with Gasteiger partial charge in [-0.1, -0.05) is 62.0 Å². The van der Waals surface area contributed by atoms with Crippen LogP contribution in [0.15, 0.2) is 53.4 Å². The average Bonchev–Trinajstić information content (AvgIpc) is 2.84. The molecular formula is C18H17NOS. The SMILES string of the molecule is CC1(C)c2ccccc2CC(=O)N2c3ccccc3SC21. The molecule has 2 aromatic carbocycles. The number of hydrogen-bond acceptors (Lipinski definition) is 2. The van der Waals surface area contributed by atoms with Crippen LogP contribution >= 0.6 is 11.8 Å². The summed E-state index contributed by atoms with van der Waals surface area (Å²) in [4.78, 5) is 16.0. The van der Waals surface area contributed by atoms with Crippen LogP contribution in [0.25, 0.3) is 0 Å². The van der Waals surface area contributed by atoms with Crippen LogP contribution in [0, 0.1) is 0 Å². The number of carbonyl (C=O) groups is 1. The van der Waals surface area contributed by atoms with Gasteiger partial charge < -0.3 is 0 Å². The van der Waals surface area contributed by atoms with E-state index in [2.05, 4.69) is 44.2 Å². The Kier molecular flexibility index (Phi) is 2.70. The molecule has 0 saturated heterocycles. The van der Waals surface area contributed by atoms with Crippen LogP contribution in [0.4, 0.5) is 5.69 Å². The highest BCUT2D eigenvalue weighted by atomic mass is 32.2. The van der Waals surface area contributed by atoms with Crippen molar-refractivity contribution in [2.45, 2.75) is 36.0 Å². The molecule has 1 amide bonds. The Hall–Kier alpha value is -1.74. The van der Waals surface area contributed by atoms with Gasteiger partial charge in [-0.15, -0.1) is 0 Å². The number of anilines is 1. The minimum Gasteiger partial charge on any atom is -0.297 e. The van der Waals surface area contributed by atoms with Gasteiger partial charge in [-0.2, -0.15) is 0 Å². The molecule has 2 aliphatic rings. The van der Waals surface area contributed by atoms with E-state index in [0.29, 0.717) is 6.42 Å². The van der Waals surface area contributed by atoms with Gasteiger partial charge >= 0.3 is 0 Å². The smallest absolute Gasteiger partial charge is 0.232 e. The third-order valence-corrected chi connectivity index (χ3v) is 6.16. The van der Waals surface area contributed by atoms with Crippen LogP contribution in [0.5, 0.6) is 0 Å². The van der Waals surface area contributed by atoms with E-state index in [1.807, 2.05) is 34.9 Å². The van der Waals surface area contributed by atoms with E-state index in [1.54, 1.807) is 0 Å². The molecule has 3 heteroatoms. The normalized spacial score (nSPS) is 22.3. The standard InChI is InChI=1S/C18H17NOS/c1-18(2)13-8-4-3-7-12(13)11-16(20)19-14-9-5-6-10-15(14)21-17(18)19/h3-10,17H,11H2,1-2H3. The van der Waals surface area contributed by atoms with Gasteiger partial charge in [-0.25, -0.2) is 0 Å². The first-order chi connectivity index (χ1) is 10.1. The van der Waals surface area contributed by atoms with E-state index in [-0.39, 0.29) is 16.7 Å². The summed E-state index contributed by atoms with van der Waals surface area (Å²) in [5.41, 5.74) is 3.46. The zero-order valence-corrected chi connectivity index (χ0v) is 13.0. The van der Waals surface area contributed by atoms with Crippen LogP contribution in [0.2, 0.25) is 0 Å². The molecule has 21 heavy (non-hydrogen) atoms. The van der Waals surface area contributed by atoms with Crippen LogP contribution in [-0.2, 0) is 16.6 Å². The molecule has 0 fully saturated rings. The maximum atomic E-state index is 12.8. The molecule has 2 heterocycles. The molecule has 1 atom stereocenters.